The topological polar surface area (TPSA) is 231 Å². The number of hydrogen-bond acceptors (Lipinski definition) is 15. The van der Waals surface area contributed by atoms with Crippen LogP contribution in [-0.4, -0.2) is 142 Å². The highest BCUT2D eigenvalue weighted by Gasteiger charge is 2.51. The zero-order valence-corrected chi connectivity index (χ0v) is 37.7. The maximum absolute atomic E-state index is 12.7. The molecule has 0 saturated carbocycles. The molecule has 2 fully saturated rings. The van der Waals surface area contributed by atoms with Gasteiger partial charge in [-0.25, -0.2) is 0 Å². The number of aliphatic hydroxyl groups is 7. The SMILES string of the molecule is CCCCCCCCCCCCCCCC(=O)OCC(O)CO[C@H]1O[C@H](COC(=O)CCCCCCCCCCCCCC)[C@@H](O)[C@H](O[C@H]2O[C@H](CO)[C@@H](O)[C@H](O)[C@H]2O)[C@@H]1O. The van der Waals surface area contributed by atoms with Crippen molar-refractivity contribution in [3.63, 3.8) is 0 Å². The van der Waals surface area contributed by atoms with Crippen molar-refractivity contribution in [2.24, 2.45) is 0 Å². The lowest BCUT2D eigenvalue weighted by molar-refractivity contribution is -0.361. The molecule has 0 aromatic carbocycles. The fourth-order valence-corrected chi connectivity index (χ4v) is 7.83. The predicted octanol–water partition coefficient (Wildman–Crippen LogP) is 5.65. The molecule has 0 aromatic rings. The van der Waals surface area contributed by atoms with Crippen LogP contribution in [0.1, 0.15) is 187 Å². The Morgan fingerprint density at radius 3 is 1.38 bits per heavy atom. The molecule has 360 valence electrons. The van der Waals surface area contributed by atoms with Crippen LogP contribution in [0, 0.1) is 0 Å². The Labute approximate surface area is 366 Å². The van der Waals surface area contributed by atoms with Gasteiger partial charge < -0.3 is 64.2 Å². The van der Waals surface area contributed by atoms with E-state index in [4.69, 9.17) is 28.4 Å². The predicted molar refractivity (Wildman–Crippen MR) is 229 cm³/mol. The first-order valence-electron chi connectivity index (χ1n) is 24.1. The summed E-state index contributed by atoms with van der Waals surface area (Å²) in [5.41, 5.74) is 0. The molecule has 2 rings (SSSR count). The minimum Gasteiger partial charge on any atom is -0.463 e. The van der Waals surface area contributed by atoms with Gasteiger partial charge in [0.2, 0.25) is 0 Å². The van der Waals surface area contributed by atoms with Gasteiger partial charge in [-0.05, 0) is 12.8 Å². The zero-order chi connectivity index (χ0) is 44.7. The Kier molecular flexibility index (Phi) is 31.8. The average molecular weight is 879 g/mol. The molecule has 0 spiro atoms. The summed E-state index contributed by atoms with van der Waals surface area (Å²) in [4.78, 5) is 25.0. The maximum atomic E-state index is 12.7. The van der Waals surface area contributed by atoms with Crippen LogP contribution in [0.4, 0.5) is 0 Å². The molecule has 0 amide bonds. The Hall–Kier alpha value is -1.50. The van der Waals surface area contributed by atoms with E-state index in [2.05, 4.69) is 13.8 Å². The van der Waals surface area contributed by atoms with Crippen molar-refractivity contribution >= 4 is 11.9 Å². The van der Waals surface area contributed by atoms with Crippen LogP contribution >= 0.6 is 0 Å². The largest absolute Gasteiger partial charge is 0.463 e. The van der Waals surface area contributed by atoms with Gasteiger partial charge in [0.15, 0.2) is 12.6 Å². The summed E-state index contributed by atoms with van der Waals surface area (Å²) in [6.07, 6.45) is 12.1. The number of aliphatic hydroxyl groups excluding tert-OH is 7. The second kappa shape index (κ2) is 34.8. The van der Waals surface area contributed by atoms with Crippen molar-refractivity contribution in [1.29, 1.82) is 0 Å². The Morgan fingerprint density at radius 1 is 0.492 bits per heavy atom. The molecule has 11 atom stereocenters. The monoisotopic (exact) mass is 879 g/mol. The first-order valence-corrected chi connectivity index (χ1v) is 24.1. The first-order chi connectivity index (χ1) is 29.5. The van der Waals surface area contributed by atoms with Gasteiger partial charge in [-0.3, -0.25) is 9.59 Å². The third-order valence-corrected chi connectivity index (χ3v) is 11.8. The number of rotatable bonds is 37. The zero-order valence-electron chi connectivity index (χ0n) is 37.7. The lowest BCUT2D eigenvalue weighted by Gasteiger charge is -2.46. The first kappa shape index (κ1) is 55.6. The molecule has 0 radical (unpaired) electrons. The molecule has 0 aromatic heterocycles. The summed E-state index contributed by atoms with van der Waals surface area (Å²) in [5, 5.41) is 73.6. The fourth-order valence-electron chi connectivity index (χ4n) is 7.83. The van der Waals surface area contributed by atoms with Crippen molar-refractivity contribution in [3.05, 3.63) is 0 Å². The third-order valence-electron chi connectivity index (χ3n) is 11.8. The molecular formula is C46H86O15. The number of esters is 2. The van der Waals surface area contributed by atoms with Gasteiger partial charge in [-0.1, -0.05) is 162 Å². The fraction of sp³-hybridized carbons (Fsp3) is 0.957. The molecule has 2 aliphatic rings. The van der Waals surface area contributed by atoms with Gasteiger partial charge >= 0.3 is 11.9 Å². The summed E-state index contributed by atoms with van der Waals surface area (Å²) >= 11 is 0. The Morgan fingerprint density at radius 2 is 0.918 bits per heavy atom. The van der Waals surface area contributed by atoms with Crippen LogP contribution < -0.4 is 0 Å². The molecule has 2 saturated heterocycles. The quantitative estimate of drug-likeness (QED) is 0.0295. The molecular weight excluding hydrogens is 792 g/mol. The Bertz CT molecular complexity index is 1080. The molecule has 1 unspecified atom stereocenters. The van der Waals surface area contributed by atoms with Crippen LogP contribution in [0.25, 0.3) is 0 Å². The number of unbranched alkanes of at least 4 members (excludes halogenated alkanes) is 23. The van der Waals surface area contributed by atoms with Crippen molar-refractivity contribution in [1.82, 2.24) is 0 Å². The van der Waals surface area contributed by atoms with Gasteiger partial charge in [0.25, 0.3) is 0 Å². The lowest BCUT2D eigenvalue weighted by Crippen LogP contribution is -2.65. The van der Waals surface area contributed by atoms with E-state index in [-0.39, 0.29) is 19.4 Å². The van der Waals surface area contributed by atoms with Gasteiger partial charge in [-0.15, -0.1) is 0 Å². The standard InChI is InChI=1S/C46H86O15/c1-3-5-7-9-11-13-15-17-19-21-22-24-26-28-37(49)56-31-34(48)32-58-45-43(55)44(61-46-42(54)41(53)39(51)35(30-47)59-46)40(52)36(60-45)33-57-38(50)29-27-25-23-20-18-16-14-12-10-8-6-4-2/h34-36,39-48,51-55H,3-33H2,1-2H3/t34?,35-,36-,39-,40-,41+,42-,43+,44+,45+,46-/m1/s1. The van der Waals surface area contributed by atoms with Gasteiger partial charge in [0, 0.05) is 12.8 Å². The molecule has 15 heteroatoms. The van der Waals surface area contributed by atoms with Crippen LogP contribution in [0.3, 0.4) is 0 Å². The highest BCUT2D eigenvalue weighted by atomic mass is 16.7. The van der Waals surface area contributed by atoms with Crippen LogP contribution in [0.5, 0.6) is 0 Å². The smallest absolute Gasteiger partial charge is 0.305 e. The maximum Gasteiger partial charge on any atom is 0.305 e. The summed E-state index contributed by atoms with van der Waals surface area (Å²) in [6.45, 7) is 2.45. The van der Waals surface area contributed by atoms with E-state index in [9.17, 15) is 45.3 Å². The number of ether oxygens (including phenoxy) is 6. The second-order valence-electron chi connectivity index (χ2n) is 17.3. The normalized spacial score (nSPS) is 27.2. The van der Waals surface area contributed by atoms with E-state index in [1.165, 1.54) is 109 Å². The second-order valence-corrected chi connectivity index (χ2v) is 17.3. The molecule has 7 N–H and O–H groups in total. The average Bonchev–Trinajstić information content (AvgIpc) is 3.25. The highest BCUT2D eigenvalue weighted by molar-refractivity contribution is 5.69. The van der Waals surface area contributed by atoms with Crippen LogP contribution in [-0.2, 0) is 38.0 Å². The van der Waals surface area contributed by atoms with Gasteiger partial charge in [0.1, 0.15) is 68.1 Å². The summed E-state index contributed by atoms with van der Waals surface area (Å²) in [5.74, 6) is -0.952. The van der Waals surface area contributed by atoms with E-state index < -0.39 is 99.3 Å². The third kappa shape index (κ3) is 23.8. The van der Waals surface area contributed by atoms with Crippen molar-refractivity contribution in [2.45, 2.75) is 255 Å². The van der Waals surface area contributed by atoms with Crippen LogP contribution in [0.15, 0.2) is 0 Å². The van der Waals surface area contributed by atoms with Crippen molar-refractivity contribution in [2.75, 3.05) is 26.4 Å². The molecule has 0 bridgehead atoms. The van der Waals surface area contributed by atoms with E-state index in [1.807, 2.05) is 0 Å². The summed E-state index contributed by atoms with van der Waals surface area (Å²) in [7, 11) is 0. The number of carbonyl (C=O) groups is 2. The number of hydrogen-bond donors (Lipinski definition) is 7. The van der Waals surface area contributed by atoms with Crippen molar-refractivity contribution < 1.29 is 73.8 Å². The lowest BCUT2D eigenvalue weighted by atomic mass is 9.97. The molecule has 15 nitrogen and oxygen atoms in total. The highest BCUT2D eigenvalue weighted by Crippen LogP contribution is 2.30. The molecule has 2 heterocycles. The van der Waals surface area contributed by atoms with Crippen molar-refractivity contribution in [3.8, 4) is 0 Å². The summed E-state index contributed by atoms with van der Waals surface area (Å²) in [6, 6.07) is 0. The minimum atomic E-state index is -1.83. The van der Waals surface area contributed by atoms with Crippen LogP contribution in [0.2, 0.25) is 0 Å². The van der Waals surface area contributed by atoms with E-state index in [0.717, 1.165) is 38.5 Å². The van der Waals surface area contributed by atoms with Gasteiger partial charge in [-0.2, -0.15) is 0 Å². The molecule has 0 aliphatic carbocycles. The molecule has 2 aliphatic heterocycles. The molecule has 61 heavy (non-hydrogen) atoms. The Balaban J connectivity index is 1.79. The number of carbonyl (C=O) groups excluding carboxylic acids is 2. The van der Waals surface area contributed by atoms with E-state index in [0.29, 0.717) is 12.8 Å². The summed E-state index contributed by atoms with van der Waals surface area (Å²) < 4.78 is 33.3. The van der Waals surface area contributed by atoms with Gasteiger partial charge in [0.05, 0.1) is 13.2 Å². The van der Waals surface area contributed by atoms with E-state index >= 15 is 0 Å². The minimum absolute atomic E-state index is 0.165. The van der Waals surface area contributed by atoms with E-state index in [1.54, 1.807) is 0 Å².